The van der Waals surface area contributed by atoms with Crippen LogP contribution in [0.25, 0.3) is 0 Å². The molecule has 0 aliphatic heterocycles. The van der Waals surface area contributed by atoms with Gasteiger partial charge in [0.2, 0.25) is 8.32 Å². The SMILES string of the molecule is C[Si](C)(C)Oc1ccc(C(F)(F)C(F)(F)F)cc1N. The topological polar surface area (TPSA) is 35.2 Å². The van der Waals surface area contributed by atoms with Crippen molar-refractivity contribution in [1.29, 1.82) is 0 Å². The van der Waals surface area contributed by atoms with Gasteiger partial charge in [-0.25, -0.2) is 0 Å². The van der Waals surface area contributed by atoms with Crippen molar-refractivity contribution in [2.24, 2.45) is 0 Å². The van der Waals surface area contributed by atoms with Crippen molar-refractivity contribution in [3.8, 4) is 5.75 Å². The summed E-state index contributed by atoms with van der Waals surface area (Å²) in [5, 5.41) is 0. The maximum absolute atomic E-state index is 13.1. The molecule has 0 aliphatic rings. The van der Waals surface area contributed by atoms with Crippen molar-refractivity contribution < 1.29 is 26.4 Å². The van der Waals surface area contributed by atoms with Gasteiger partial charge in [0.05, 0.1) is 5.69 Å². The van der Waals surface area contributed by atoms with E-state index in [1.165, 1.54) is 0 Å². The van der Waals surface area contributed by atoms with E-state index < -0.39 is 26.0 Å². The quantitative estimate of drug-likeness (QED) is 0.517. The Morgan fingerprint density at radius 3 is 1.95 bits per heavy atom. The number of rotatable bonds is 3. The molecule has 2 N–H and O–H groups in total. The van der Waals surface area contributed by atoms with Gasteiger partial charge >= 0.3 is 12.1 Å². The first kappa shape index (κ1) is 15.7. The fraction of sp³-hybridized carbons (Fsp3) is 0.455. The summed E-state index contributed by atoms with van der Waals surface area (Å²) < 4.78 is 68.3. The van der Waals surface area contributed by atoms with E-state index >= 15 is 0 Å². The molecule has 0 spiro atoms. The fourth-order valence-corrected chi connectivity index (χ4v) is 2.18. The maximum atomic E-state index is 13.1. The van der Waals surface area contributed by atoms with Crippen LogP contribution < -0.4 is 10.2 Å². The lowest BCUT2D eigenvalue weighted by atomic mass is 10.1. The molecule has 108 valence electrons. The van der Waals surface area contributed by atoms with Gasteiger partial charge in [-0.1, -0.05) is 0 Å². The zero-order valence-electron chi connectivity index (χ0n) is 10.6. The standard InChI is InChI=1S/C11H14F5NOSi/c1-19(2,3)18-9-5-4-7(6-8(9)17)10(12,13)11(14,15)16/h4-6H,17H2,1-3H3. The van der Waals surface area contributed by atoms with Gasteiger partial charge < -0.3 is 10.2 Å². The molecule has 0 fully saturated rings. The highest BCUT2D eigenvalue weighted by Crippen LogP contribution is 2.45. The minimum atomic E-state index is -5.65. The molecule has 0 saturated heterocycles. The summed E-state index contributed by atoms with van der Waals surface area (Å²) in [7, 11) is -2.02. The molecular formula is C11H14F5NOSi. The Morgan fingerprint density at radius 2 is 1.58 bits per heavy atom. The molecule has 19 heavy (non-hydrogen) atoms. The minimum Gasteiger partial charge on any atom is -0.543 e. The first-order chi connectivity index (χ1) is 8.34. The predicted molar refractivity (Wildman–Crippen MR) is 64.8 cm³/mol. The van der Waals surface area contributed by atoms with Crippen molar-refractivity contribution in [1.82, 2.24) is 0 Å². The largest absolute Gasteiger partial charge is 0.543 e. The van der Waals surface area contributed by atoms with Crippen LogP contribution in [-0.2, 0) is 5.92 Å². The van der Waals surface area contributed by atoms with Crippen LogP contribution in [0.15, 0.2) is 18.2 Å². The number of nitrogens with two attached hydrogens (primary N) is 1. The van der Waals surface area contributed by atoms with Crippen LogP contribution in [0.5, 0.6) is 5.75 Å². The second-order valence-electron chi connectivity index (χ2n) is 5.04. The Morgan fingerprint density at radius 1 is 1.05 bits per heavy atom. The third kappa shape index (κ3) is 3.58. The lowest BCUT2D eigenvalue weighted by Gasteiger charge is -2.23. The van der Waals surface area contributed by atoms with E-state index in [9.17, 15) is 22.0 Å². The Balaban J connectivity index is 3.14. The first-order valence-corrected chi connectivity index (χ1v) is 8.79. The summed E-state index contributed by atoms with van der Waals surface area (Å²) >= 11 is 0. The number of nitrogen functional groups attached to an aromatic ring is 1. The van der Waals surface area contributed by atoms with Crippen LogP contribution in [0.4, 0.5) is 27.6 Å². The Bertz CT molecular complexity index is 467. The van der Waals surface area contributed by atoms with Crippen molar-refractivity contribution >= 4 is 14.0 Å². The molecule has 0 amide bonds. The minimum absolute atomic E-state index is 0.126. The smallest absolute Gasteiger partial charge is 0.458 e. The van der Waals surface area contributed by atoms with E-state index in [4.69, 9.17) is 10.2 Å². The van der Waals surface area contributed by atoms with Crippen molar-refractivity contribution in [2.45, 2.75) is 31.7 Å². The van der Waals surface area contributed by atoms with E-state index in [-0.39, 0.29) is 11.4 Å². The third-order valence-corrected chi connectivity index (χ3v) is 2.98. The molecule has 1 aromatic carbocycles. The molecule has 0 unspecified atom stereocenters. The molecule has 0 heterocycles. The number of hydrogen-bond acceptors (Lipinski definition) is 2. The summed E-state index contributed by atoms with van der Waals surface area (Å²) in [6.07, 6.45) is -5.65. The van der Waals surface area contributed by atoms with Crippen LogP contribution in [0.3, 0.4) is 0 Å². The summed E-state index contributed by atoms with van der Waals surface area (Å²) in [5.41, 5.74) is 4.04. The lowest BCUT2D eigenvalue weighted by Crippen LogP contribution is -2.34. The molecule has 1 aromatic rings. The number of alkyl halides is 5. The molecule has 8 heteroatoms. The average Bonchev–Trinajstić information content (AvgIpc) is 2.17. The molecule has 0 atom stereocenters. The van der Waals surface area contributed by atoms with Crippen molar-refractivity contribution in [3.05, 3.63) is 23.8 Å². The highest BCUT2D eigenvalue weighted by molar-refractivity contribution is 6.70. The summed E-state index contributed by atoms with van der Waals surface area (Å²) in [6, 6.07) is 2.32. The van der Waals surface area contributed by atoms with Crippen molar-refractivity contribution in [2.75, 3.05) is 5.73 Å². The summed E-state index contributed by atoms with van der Waals surface area (Å²) in [4.78, 5) is 0. The maximum Gasteiger partial charge on any atom is 0.458 e. The number of hydrogen-bond donors (Lipinski definition) is 1. The van der Waals surface area contributed by atoms with Gasteiger partial charge in [0.25, 0.3) is 0 Å². The monoisotopic (exact) mass is 299 g/mol. The van der Waals surface area contributed by atoms with Gasteiger partial charge in [-0.3, -0.25) is 0 Å². The van der Waals surface area contributed by atoms with Crippen LogP contribution in [0.1, 0.15) is 5.56 Å². The summed E-state index contributed by atoms with van der Waals surface area (Å²) in [6.45, 7) is 5.51. The van der Waals surface area contributed by atoms with E-state index in [0.29, 0.717) is 12.1 Å². The molecule has 0 aromatic heterocycles. The highest BCUT2D eigenvalue weighted by Gasteiger charge is 2.58. The van der Waals surface area contributed by atoms with Crippen LogP contribution >= 0.6 is 0 Å². The molecule has 2 nitrogen and oxygen atoms in total. The fourth-order valence-electron chi connectivity index (χ4n) is 1.33. The Kier molecular flexibility index (Phi) is 3.86. The number of benzene rings is 1. The zero-order chi connectivity index (χ0) is 15.1. The average molecular weight is 299 g/mol. The van der Waals surface area contributed by atoms with Gasteiger partial charge in [0, 0.05) is 5.56 Å². The van der Waals surface area contributed by atoms with Gasteiger partial charge in [0.15, 0.2) is 0 Å². The van der Waals surface area contributed by atoms with Gasteiger partial charge in [-0.15, -0.1) is 0 Å². The van der Waals surface area contributed by atoms with Gasteiger partial charge in [0.1, 0.15) is 5.75 Å². The molecule has 0 aliphatic carbocycles. The number of anilines is 1. The Hall–Kier alpha value is -1.31. The van der Waals surface area contributed by atoms with Crippen LogP contribution in [-0.4, -0.2) is 14.5 Å². The third-order valence-electron chi connectivity index (χ3n) is 2.14. The molecule has 1 rings (SSSR count). The lowest BCUT2D eigenvalue weighted by molar-refractivity contribution is -0.289. The van der Waals surface area contributed by atoms with E-state index in [0.717, 1.165) is 6.07 Å². The Labute approximate surface area is 108 Å². The first-order valence-electron chi connectivity index (χ1n) is 5.38. The number of halogens is 5. The van der Waals surface area contributed by atoms with E-state index in [1.807, 2.05) is 19.6 Å². The molecule has 0 saturated carbocycles. The predicted octanol–water partition coefficient (Wildman–Crippen LogP) is 4.14. The second-order valence-corrected chi connectivity index (χ2v) is 9.47. The van der Waals surface area contributed by atoms with Crippen LogP contribution in [0, 0.1) is 0 Å². The highest BCUT2D eigenvalue weighted by atomic mass is 28.4. The van der Waals surface area contributed by atoms with Gasteiger partial charge in [-0.2, -0.15) is 22.0 Å². The van der Waals surface area contributed by atoms with E-state index in [2.05, 4.69) is 0 Å². The van der Waals surface area contributed by atoms with Crippen LogP contribution in [0.2, 0.25) is 19.6 Å². The van der Waals surface area contributed by atoms with E-state index in [1.54, 1.807) is 0 Å². The van der Waals surface area contributed by atoms with Crippen molar-refractivity contribution in [3.63, 3.8) is 0 Å². The molecular weight excluding hydrogens is 285 g/mol. The summed E-state index contributed by atoms with van der Waals surface area (Å²) in [5.74, 6) is -4.81. The zero-order valence-corrected chi connectivity index (χ0v) is 11.6. The van der Waals surface area contributed by atoms with Gasteiger partial charge in [-0.05, 0) is 37.8 Å². The second kappa shape index (κ2) is 4.66. The molecule has 0 radical (unpaired) electrons. The molecule has 0 bridgehead atoms. The normalized spacial score (nSPS) is 13.5.